The maximum Gasteiger partial charge on any atom is 0.219 e. The van der Waals surface area contributed by atoms with Crippen molar-refractivity contribution in [2.24, 2.45) is 0 Å². The van der Waals surface area contributed by atoms with Gasteiger partial charge in [0, 0.05) is 22.1 Å². The third kappa shape index (κ3) is 3.26. The fourth-order valence-corrected chi connectivity index (χ4v) is 1.89. The Hall–Kier alpha value is -0.940. The van der Waals surface area contributed by atoms with Crippen LogP contribution in [0.3, 0.4) is 0 Å². The van der Waals surface area contributed by atoms with Crippen LogP contribution < -0.4 is 4.74 Å². The van der Waals surface area contributed by atoms with Crippen LogP contribution in [0.15, 0.2) is 41.0 Å². The Morgan fingerprint density at radius 2 is 2.06 bits per heavy atom. The van der Waals surface area contributed by atoms with E-state index >= 15 is 0 Å². The normalized spacial score (nSPS) is 10.3. The zero-order valence-electron chi connectivity index (χ0n) is 8.66. The van der Waals surface area contributed by atoms with Gasteiger partial charge in [0.2, 0.25) is 5.88 Å². The molecule has 2 aromatic rings. The summed E-state index contributed by atoms with van der Waals surface area (Å²) in [6, 6.07) is 8.19. The van der Waals surface area contributed by atoms with Gasteiger partial charge < -0.3 is 4.74 Å². The number of pyridine rings is 1. The second kappa shape index (κ2) is 5.60. The third-order valence-electron chi connectivity index (χ3n) is 2.06. The van der Waals surface area contributed by atoms with Gasteiger partial charge in [-0.1, -0.05) is 37.9 Å². The first-order chi connectivity index (χ1) is 8.19. The summed E-state index contributed by atoms with van der Waals surface area (Å²) in [5.74, 6) is 0.106. The van der Waals surface area contributed by atoms with Crippen molar-refractivity contribution in [3.05, 3.63) is 52.4 Å². The monoisotopic (exact) mass is 359 g/mol. The lowest BCUT2D eigenvalue weighted by atomic mass is 10.3. The Morgan fingerprint density at radius 1 is 1.24 bits per heavy atom. The Kier molecular flexibility index (Phi) is 4.12. The molecule has 0 aliphatic carbocycles. The summed E-state index contributed by atoms with van der Waals surface area (Å²) in [6.07, 6.45) is 1.68. The SMILES string of the molecule is Fc1cc(Br)ccc1Oc1ccc(CBr)cn1. The highest BCUT2D eigenvalue weighted by atomic mass is 79.9. The van der Waals surface area contributed by atoms with Crippen molar-refractivity contribution < 1.29 is 9.13 Å². The molecule has 2 rings (SSSR count). The molecule has 17 heavy (non-hydrogen) atoms. The van der Waals surface area contributed by atoms with Crippen LogP contribution >= 0.6 is 31.9 Å². The number of halogens is 3. The zero-order chi connectivity index (χ0) is 12.3. The van der Waals surface area contributed by atoms with Crippen molar-refractivity contribution in [3.63, 3.8) is 0 Å². The summed E-state index contributed by atoms with van der Waals surface area (Å²) in [5.41, 5.74) is 1.04. The topological polar surface area (TPSA) is 22.1 Å². The molecule has 1 aromatic heterocycles. The maximum absolute atomic E-state index is 13.5. The van der Waals surface area contributed by atoms with Crippen molar-refractivity contribution in [2.45, 2.75) is 5.33 Å². The molecule has 2 nitrogen and oxygen atoms in total. The molecule has 0 atom stereocenters. The van der Waals surface area contributed by atoms with Gasteiger partial charge in [0.25, 0.3) is 0 Å². The molecular formula is C12H8Br2FNO. The molecule has 0 radical (unpaired) electrons. The highest BCUT2D eigenvalue weighted by molar-refractivity contribution is 9.10. The Morgan fingerprint density at radius 3 is 2.65 bits per heavy atom. The van der Waals surface area contributed by atoms with E-state index in [0.717, 1.165) is 10.9 Å². The van der Waals surface area contributed by atoms with Crippen LogP contribution in [-0.4, -0.2) is 4.98 Å². The van der Waals surface area contributed by atoms with Gasteiger partial charge in [-0.15, -0.1) is 0 Å². The van der Waals surface area contributed by atoms with Crippen LogP contribution in [0, 0.1) is 5.82 Å². The second-order valence-electron chi connectivity index (χ2n) is 3.32. The number of ether oxygens (including phenoxy) is 1. The summed E-state index contributed by atoms with van der Waals surface area (Å²) >= 11 is 6.51. The maximum atomic E-state index is 13.5. The predicted molar refractivity (Wildman–Crippen MR) is 71.0 cm³/mol. The van der Waals surface area contributed by atoms with Gasteiger partial charge in [0.05, 0.1) is 0 Å². The molecule has 0 saturated heterocycles. The van der Waals surface area contributed by atoms with E-state index in [4.69, 9.17) is 4.74 Å². The van der Waals surface area contributed by atoms with Gasteiger partial charge in [0.1, 0.15) is 0 Å². The quantitative estimate of drug-likeness (QED) is 0.742. The van der Waals surface area contributed by atoms with E-state index in [1.54, 1.807) is 24.4 Å². The minimum absolute atomic E-state index is 0.160. The van der Waals surface area contributed by atoms with Crippen LogP contribution in [0.1, 0.15) is 5.56 Å². The van der Waals surface area contributed by atoms with Crippen molar-refractivity contribution in [2.75, 3.05) is 0 Å². The van der Waals surface area contributed by atoms with Crippen LogP contribution in [0.4, 0.5) is 4.39 Å². The molecule has 5 heteroatoms. The average molecular weight is 361 g/mol. The smallest absolute Gasteiger partial charge is 0.219 e. The van der Waals surface area contributed by atoms with E-state index in [1.165, 1.54) is 6.07 Å². The minimum Gasteiger partial charge on any atom is -0.436 e. The summed E-state index contributed by atoms with van der Waals surface area (Å²) in [6.45, 7) is 0. The lowest BCUT2D eigenvalue weighted by molar-refractivity contribution is 0.427. The summed E-state index contributed by atoms with van der Waals surface area (Å²) in [5, 5.41) is 0.729. The lowest BCUT2D eigenvalue weighted by Gasteiger charge is -2.06. The molecule has 0 bridgehead atoms. The van der Waals surface area contributed by atoms with Crippen molar-refractivity contribution >= 4 is 31.9 Å². The Bertz CT molecular complexity index is 516. The average Bonchev–Trinajstić information content (AvgIpc) is 2.34. The van der Waals surface area contributed by atoms with E-state index in [1.807, 2.05) is 6.07 Å². The number of rotatable bonds is 3. The second-order valence-corrected chi connectivity index (χ2v) is 4.79. The van der Waals surface area contributed by atoms with Gasteiger partial charge in [0.15, 0.2) is 11.6 Å². The Balaban J connectivity index is 2.19. The highest BCUT2D eigenvalue weighted by Gasteiger charge is 2.05. The molecule has 0 aliphatic rings. The third-order valence-corrected chi connectivity index (χ3v) is 3.20. The number of aromatic nitrogens is 1. The van der Waals surface area contributed by atoms with E-state index in [9.17, 15) is 4.39 Å². The first kappa shape index (κ1) is 12.5. The number of benzene rings is 1. The van der Waals surface area contributed by atoms with Gasteiger partial charge in [-0.25, -0.2) is 9.37 Å². The van der Waals surface area contributed by atoms with E-state index in [-0.39, 0.29) is 5.75 Å². The van der Waals surface area contributed by atoms with E-state index < -0.39 is 5.82 Å². The molecule has 0 spiro atoms. The van der Waals surface area contributed by atoms with E-state index in [2.05, 4.69) is 36.8 Å². The fourth-order valence-electron chi connectivity index (χ4n) is 1.22. The van der Waals surface area contributed by atoms with Gasteiger partial charge in [-0.2, -0.15) is 0 Å². The van der Waals surface area contributed by atoms with Crippen LogP contribution in [0.25, 0.3) is 0 Å². The molecule has 0 N–H and O–H groups in total. The van der Waals surface area contributed by atoms with Crippen molar-refractivity contribution in [1.82, 2.24) is 4.98 Å². The van der Waals surface area contributed by atoms with Crippen molar-refractivity contribution in [3.8, 4) is 11.6 Å². The molecular weight excluding hydrogens is 353 g/mol. The molecule has 0 amide bonds. The van der Waals surface area contributed by atoms with Crippen LogP contribution in [0.2, 0.25) is 0 Å². The summed E-state index contributed by atoms with van der Waals surface area (Å²) < 4.78 is 19.5. The predicted octanol–water partition coefficient (Wildman–Crippen LogP) is 4.67. The first-order valence-corrected chi connectivity index (χ1v) is 6.74. The minimum atomic E-state index is -0.425. The number of hydrogen-bond donors (Lipinski definition) is 0. The number of alkyl halides is 1. The number of nitrogens with zero attached hydrogens (tertiary/aromatic N) is 1. The molecule has 1 aromatic carbocycles. The largest absolute Gasteiger partial charge is 0.436 e. The number of hydrogen-bond acceptors (Lipinski definition) is 2. The summed E-state index contributed by atoms with van der Waals surface area (Å²) in [4.78, 5) is 4.08. The van der Waals surface area contributed by atoms with E-state index in [0.29, 0.717) is 10.4 Å². The zero-order valence-corrected chi connectivity index (χ0v) is 11.8. The summed E-state index contributed by atoms with van der Waals surface area (Å²) in [7, 11) is 0. The molecule has 0 unspecified atom stereocenters. The molecule has 0 fully saturated rings. The van der Waals surface area contributed by atoms with Crippen LogP contribution in [0.5, 0.6) is 11.6 Å². The molecule has 88 valence electrons. The molecule has 1 heterocycles. The lowest BCUT2D eigenvalue weighted by Crippen LogP contribution is -1.91. The fraction of sp³-hybridized carbons (Fsp3) is 0.0833. The van der Waals surface area contributed by atoms with Crippen molar-refractivity contribution in [1.29, 1.82) is 0 Å². The highest BCUT2D eigenvalue weighted by Crippen LogP contribution is 2.25. The molecule has 0 aliphatic heterocycles. The van der Waals surface area contributed by atoms with Gasteiger partial charge in [-0.3, -0.25) is 0 Å². The standard InChI is InChI=1S/C12H8Br2FNO/c13-6-8-1-4-12(16-7-8)17-11-3-2-9(14)5-10(11)15/h1-5,7H,6H2. The van der Waals surface area contributed by atoms with Gasteiger partial charge in [-0.05, 0) is 23.8 Å². The van der Waals surface area contributed by atoms with Gasteiger partial charge >= 0.3 is 0 Å². The Labute approximate surface area is 115 Å². The van der Waals surface area contributed by atoms with Crippen LogP contribution in [-0.2, 0) is 5.33 Å². The first-order valence-electron chi connectivity index (χ1n) is 4.83. The molecule has 0 saturated carbocycles.